The summed E-state index contributed by atoms with van der Waals surface area (Å²) in [4.78, 5) is 0. The molecule has 4 nitrogen and oxygen atoms in total. The molecule has 0 atom stereocenters. The minimum Gasteiger partial charge on any atom is -0.406 e. The first-order valence-electron chi connectivity index (χ1n) is 7.21. The SMILES string of the molecule is N#Cc1c(-c2ccccc2)cn(-c2ccc(OC(F)(F)F)cc2)c1N. The summed E-state index contributed by atoms with van der Waals surface area (Å²) in [6.07, 6.45) is -3.06. The van der Waals surface area contributed by atoms with Crippen LogP contribution in [0.5, 0.6) is 5.75 Å². The van der Waals surface area contributed by atoms with E-state index in [0.29, 0.717) is 16.8 Å². The van der Waals surface area contributed by atoms with Crippen LogP contribution in [0.4, 0.5) is 19.0 Å². The van der Waals surface area contributed by atoms with Crippen LogP contribution in [0.3, 0.4) is 0 Å². The van der Waals surface area contributed by atoms with Gasteiger partial charge in [-0.15, -0.1) is 13.2 Å². The smallest absolute Gasteiger partial charge is 0.406 e. The Bertz CT molecular complexity index is 923. The van der Waals surface area contributed by atoms with Gasteiger partial charge in [0.25, 0.3) is 0 Å². The van der Waals surface area contributed by atoms with Gasteiger partial charge in [-0.2, -0.15) is 5.26 Å². The highest BCUT2D eigenvalue weighted by Gasteiger charge is 2.31. The van der Waals surface area contributed by atoms with Crippen molar-refractivity contribution < 1.29 is 17.9 Å². The molecule has 0 spiro atoms. The molecule has 25 heavy (non-hydrogen) atoms. The van der Waals surface area contributed by atoms with Crippen molar-refractivity contribution in [1.82, 2.24) is 4.57 Å². The molecule has 0 amide bonds. The van der Waals surface area contributed by atoms with Crippen LogP contribution in [-0.2, 0) is 0 Å². The Balaban J connectivity index is 2.01. The molecule has 7 heteroatoms. The normalized spacial score (nSPS) is 11.1. The van der Waals surface area contributed by atoms with Gasteiger partial charge in [0.05, 0.1) is 0 Å². The molecular formula is C18H12F3N3O. The molecule has 0 radical (unpaired) electrons. The van der Waals surface area contributed by atoms with Crippen LogP contribution in [-0.4, -0.2) is 10.9 Å². The standard InChI is InChI=1S/C18H12F3N3O/c19-18(20,21)25-14-8-6-13(7-9-14)24-11-16(15(10-22)17(24)23)12-4-2-1-3-5-12/h1-9,11H,23H2. The maximum absolute atomic E-state index is 12.2. The lowest BCUT2D eigenvalue weighted by Gasteiger charge is -2.10. The monoisotopic (exact) mass is 343 g/mol. The highest BCUT2D eigenvalue weighted by Crippen LogP contribution is 2.32. The summed E-state index contributed by atoms with van der Waals surface area (Å²) in [7, 11) is 0. The van der Waals surface area contributed by atoms with Crippen molar-refractivity contribution in [2.75, 3.05) is 5.73 Å². The second-order valence-corrected chi connectivity index (χ2v) is 5.19. The quantitative estimate of drug-likeness (QED) is 0.762. The van der Waals surface area contributed by atoms with Crippen LogP contribution in [0.1, 0.15) is 5.56 Å². The fraction of sp³-hybridized carbons (Fsp3) is 0.0556. The molecule has 3 aromatic rings. The van der Waals surface area contributed by atoms with Crippen LogP contribution >= 0.6 is 0 Å². The summed E-state index contributed by atoms with van der Waals surface area (Å²) in [5.41, 5.74) is 8.35. The van der Waals surface area contributed by atoms with E-state index >= 15 is 0 Å². The number of aromatic nitrogens is 1. The first-order valence-corrected chi connectivity index (χ1v) is 7.21. The van der Waals surface area contributed by atoms with Gasteiger partial charge in [-0.3, -0.25) is 0 Å². The molecule has 0 unspecified atom stereocenters. The van der Waals surface area contributed by atoms with E-state index in [2.05, 4.69) is 10.8 Å². The van der Waals surface area contributed by atoms with E-state index in [1.54, 1.807) is 10.8 Å². The van der Waals surface area contributed by atoms with Gasteiger partial charge in [-0.05, 0) is 29.8 Å². The number of ether oxygens (including phenoxy) is 1. The van der Waals surface area contributed by atoms with E-state index in [4.69, 9.17) is 5.73 Å². The third kappa shape index (κ3) is 3.43. The summed E-state index contributed by atoms with van der Waals surface area (Å²) < 4.78 is 42.1. The number of alkyl halides is 3. The lowest BCUT2D eigenvalue weighted by molar-refractivity contribution is -0.274. The van der Waals surface area contributed by atoms with Crippen molar-refractivity contribution >= 4 is 5.82 Å². The lowest BCUT2D eigenvalue weighted by atomic mass is 10.1. The average molecular weight is 343 g/mol. The van der Waals surface area contributed by atoms with Gasteiger partial charge >= 0.3 is 6.36 Å². The van der Waals surface area contributed by atoms with Gasteiger partial charge in [-0.25, -0.2) is 0 Å². The van der Waals surface area contributed by atoms with E-state index in [1.807, 2.05) is 30.3 Å². The molecule has 0 saturated heterocycles. The van der Waals surface area contributed by atoms with Crippen LogP contribution < -0.4 is 10.5 Å². The number of benzene rings is 2. The summed E-state index contributed by atoms with van der Waals surface area (Å²) >= 11 is 0. The number of nitriles is 1. The Kier molecular flexibility index (Phi) is 4.11. The minimum absolute atomic E-state index is 0.214. The number of rotatable bonds is 3. The fourth-order valence-corrected chi connectivity index (χ4v) is 2.50. The molecule has 0 aliphatic heterocycles. The van der Waals surface area contributed by atoms with Gasteiger partial charge in [-0.1, -0.05) is 30.3 Å². The van der Waals surface area contributed by atoms with Gasteiger partial charge in [0, 0.05) is 17.4 Å². The Labute approximate surface area is 141 Å². The van der Waals surface area contributed by atoms with Crippen molar-refractivity contribution in [3.63, 3.8) is 0 Å². The Hall–Kier alpha value is -3.40. The second kappa shape index (κ2) is 6.24. The molecule has 2 N–H and O–H groups in total. The molecule has 0 saturated carbocycles. The van der Waals surface area contributed by atoms with E-state index in [-0.39, 0.29) is 11.6 Å². The molecule has 1 heterocycles. The van der Waals surface area contributed by atoms with Crippen molar-refractivity contribution in [3.8, 4) is 28.6 Å². The summed E-state index contributed by atoms with van der Waals surface area (Å²) in [5.74, 6) is -0.114. The molecule has 2 aromatic carbocycles. The third-order valence-corrected chi connectivity index (χ3v) is 3.59. The number of nitrogens with two attached hydrogens (primary N) is 1. The number of hydrogen-bond donors (Lipinski definition) is 1. The number of nitrogen functional groups attached to an aromatic ring is 1. The van der Waals surface area contributed by atoms with Crippen molar-refractivity contribution in [1.29, 1.82) is 5.26 Å². The topological polar surface area (TPSA) is 64.0 Å². The van der Waals surface area contributed by atoms with Gasteiger partial charge in [0.15, 0.2) is 0 Å². The lowest BCUT2D eigenvalue weighted by Crippen LogP contribution is -2.17. The molecule has 0 aliphatic carbocycles. The Morgan fingerprint density at radius 3 is 2.20 bits per heavy atom. The molecule has 1 aromatic heterocycles. The third-order valence-electron chi connectivity index (χ3n) is 3.59. The predicted octanol–water partition coefficient (Wildman–Crippen LogP) is 4.50. The molecule has 126 valence electrons. The highest BCUT2D eigenvalue weighted by atomic mass is 19.4. The zero-order chi connectivity index (χ0) is 18.0. The molecular weight excluding hydrogens is 331 g/mol. The van der Waals surface area contributed by atoms with E-state index in [1.165, 1.54) is 24.3 Å². The Morgan fingerprint density at radius 2 is 1.64 bits per heavy atom. The van der Waals surface area contributed by atoms with Gasteiger partial charge < -0.3 is 15.0 Å². The van der Waals surface area contributed by atoms with Crippen LogP contribution in [0, 0.1) is 11.3 Å². The maximum Gasteiger partial charge on any atom is 0.573 e. The van der Waals surface area contributed by atoms with E-state index in [0.717, 1.165) is 5.56 Å². The van der Waals surface area contributed by atoms with Crippen LogP contribution in [0.15, 0.2) is 60.8 Å². The number of nitrogens with zero attached hydrogens (tertiary/aromatic N) is 2. The highest BCUT2D eigenvalue weighted by molar-refractivity contribution is 5.77. The average Bonchev–Trinajstić information content (AvgIpc) is 2.91. The van der Waals surface area contributed by atoms with Crippen LogP contribution in [0.25, 0.3) is 16.8 Å². The maximum atomic E-state index is 12.2. The van der Waals surface area contributed by atoms with E-state index < -0.39 is 6.36 Å². The zero-order valence-electron chi connectivity index (χ0n) is 12.8. The second-order valence-electron chi connectivity index (χ2n) is 5.19. The van der Waals surface area contributed by atoms with Crippen molar-refractivity contribution in [3.05, 3.63) is 66.4 Å². The van der Waals surface area contributed by atoms with Crippen molar-refractivity contribution in [2.45, 2.75) is 6.36 Å². The summed E-state index contributed by atoms with van der Waals surface area (Å²) in [6.45, 7) is 0. The van der Waals surface area contributed by atoms with Gasteiger partial charge in [0.1, 0.15) is 23.2 Å². The molecule has 0 aliphatic rings. The zero-order valence-corrected chi connectivity index (χ0v) is 12.8. The fourth-order valence-electron chi connectivity index (χ4n) is 2.50. The molecule has 3 rings (SSSR count). The van der Waals surface area contributed by atoms with Gasteiger partial charge in [0.2, 0.25) is 0 Å². The first kappa shape index (κ1) is 16.5. The predicted molar refractivity (Wildman–Crippen MR) is 87.0 cm³/mol. The van der Waals surface area contributed by atoms with Crippen molar-refractivity contribution in [2.24, 2.45) is 0 Å². The molecule has 0 bridgehead atoms. The largest absolute Gasteiger partial charge is 0.573 e. The first-order chi connectivity index (χ1) is 11.9. The summed E-state index contributed by atoms with van der Waals surface area (Å²) in [5, 5.41) is 9.40. The molecule has 0 fully saturated rings. The Morgan fingerprint density at radius 1 is 1.00 bits per heavy atom. The number of anilines is 1. The summed E-state index contributed by atoms with van der Waals surface area (Å²) in [6, 6.07) is 16.6. The van der Waals surface area contributed by atoms with Crippen LogP contribution in [0.2, 0.25) is 0 Å². The number of hydrogen-bond acceptors (Lipinski definition) is 3. The van der Waals surface area contributed by atoms with E-state index in [9.17, 15) is 18.4 Å². The minimum atomic E-state index is -4.75. The number of halogens is 3.